The molecular weight excluding hydrogens is 304 g/mol. The molecule has 24 heavy (non-hydrogen) atoms. The van der Waals surface area contributed by atoms with Crippen LogP contribution in [0, 0.1) is 13.8 Å². The molecule has 1 aromatic heterocycles. The molecule has 0 fully saturated rings. The van der Waals surface area contributed by atoms with Gasteiger partial charge in [-0.2, -0.15) is 0 Å². The van der Waals surface area contributed by atoms with E-state index in [2.05, 4.69) is 10.3 Å². The third-order valence-corrected chi connectivity index (χ3v) is 3.80. The predicted molar refractivity (Wildman–Crippen MR) is 94.6 cm³/mol. The van der Waals surface area contributed by atoms with Crippen LogP contribution in [0.15, 0.2) is 53.5 Å². The monoisotopic (exact) mass is 322 g/mol. The minimum Gasteiger partial charge on any atom is -0.483 e. The fourth-order valence-electron chi connectivity index (χ4n) is 2.52. The number of carbonyl (C=O) groups excluding carboxylic acids is 1. The number of nitrogens with one attached hydrogen (secondary N) is 2. The highest BCUT2D eigenvalue weighted by atomic mass is 16.5. The minimum atomic E-state index is -0.245. The first-order chi connectivity index (χ1) is 11.5. The Hall–Kier alpha value is -3.08. The summed E-state index contributed by atoms with van der Waals surface area (Å²) in [4.78, 5) is 26.6. The Labute approximate surface area is 139 Å². The van der Waals surface area contributed by atoms with E-state index < -0.39 is 0 Å². The SMILES string of the molecule is Cc1ccc(C)c(NC(=O)COc2cccc3c(=O)[nH]ccc23)c1. The molecule has 5 nitrogen and oxygen atoms in total. The van der Waals surface area contributed by atoms with Crippen molar-refractivity contribution in [3.05, 3.63) is 70.1 Å². The maximum atomic E-state index is 12.1. The molecule has 2 aromatic carbocycles. The van der Waals surface area contributed by atoms with Gasteiger partial charge in [0.25, 0.3) is 11.5 Å². The number of amides is 1. The summed E-state index contributed by atoms with van der Waals surface area (Å²) in [6.07, 6.45) is 1.56. The van der Waals surface area contributed by atoms with Gasteiger partial charge < -0.3 is 15.0 Å². The van der Waals surface area contributed by atoms with Crippen molar-refractivity contribution in [3.63, 3.8) is 0 Å². The summed E-state index contributed by atoms with van der Waals surface area (Å²) in [5.74, 6) is 0.264. The minimum absolute atomic E-state index is 0.126. The van der Waals surface area contributed by atoms with Crippen LogP contribution in [0.1, 0.15) is 11.1 Å². The fourth-order valence-corrected chi connectivity index (χ4v) is 2.52. The third-order valence-electron chi connectivity index (χ3n) is 3.80. The van der Waals surface area contributed by atoms with Crippen LogP contribution < -0.4 is 15.6 Å². The van der Waals surface area contributed by atoms with Crippen molar-refractivity contribution >= 4 is 22.4 Å². The van der Waals surface area contributed by atoms with Crippen molar-refractivity contribution in [1.29, 1.82) is 0 Å². The lowest BCUT2D eigenvalue weighted by molar-refractivity contribution is -0.118. The van der Waals surface area contributed by atoms with Gasteiger partial charge >= 0.3 is 0 Å². The first kappa shape index (κ1) is 15.8. The second kappa shape index (κ2) is 6.58. The predicted octanol–water partition coefficient (Wildman–Crippen LogP) is 3.16. The largest absolute Gasteiger partial charge is 0.483 e. The van der Waals surface area contributed by atoms with Crippen LogP contribution in [0.25, 0.3) is 10.8 Å². The van der Waals surface area contributed by atoms with Crippen molar-refractivity contribution in [2.45, 2.75) is 13.8 Å². The molecular formula is C19H18N2O3. The topological polar surface area (TPSA) is 71.2 Å². The highest BCUT2D eigenvalue weighted by Gasteiger charge is 2.09. The van der Waals surface area contributed by atoms with Crippen LogP contribution in [0.3, 0.4) is 0 Å². The van der Waals surface area contributed by atoms with E-state index in [0.29, 0.717) is 16.5 Å². The van der Waals surface area contributed by atoms with Crippen molar-refractivity contribution < 1.29 is 9.53 Å². The van der Waals surface area contributed by atoms with Gasteiger partial charge in [0.15, 0.2) is 6.61 Å². The Morgan fingerprint density at radius 1 is 1.12 bits per heavy atom. The summed E-state index contributed by atoms with van der Waals surface area (Å²) < 4.78 is 5.61. The number of aromatic amines is 1. The Kier molecular flexibility index (Phi) is 4.33. The molecule has 0 atom stereocenters. The number of hydrogen-bond donors (Lipinski definition) is 2. The number of pyridine rings is 1. The molecule has 5 heteroatoms. The molecule has 0 saturated heterocycles. The quantitative estimate of drug-likeness (QED) is 0.775. The van der Waals surface area contributed by atoms with Gasteiger partial charge in [-0.25, -0.2) is 0 Å². The summed E-state index contributed by atoms with van der Waals surface area (Å²) in [6.45, 7) is 3.78. The van der Waals surface area contributed by atoms with Gasteiger partial charge in [0.2, 0.25) is 0 Å². The maximum absolute atomic E-state index is 12.1. The van der Waals surface area contributed by atoms with Crippen LogP contribution in [0.4, 0.5) is 5.69 Å². The molecule has 0 aliphatic carbocycles. The smallest absolute Gasteiger partial charge is 0.262 e. The van der Waals surface area contributed by atoms with Gasteiger partial charge in [0.05, 0.1) is 5.39 Å². The molecule has 3 rings (SSSR count). The second-order valence-corrected chi connectivity index (χ2v) is 5.68. The summed E-state index contributed by atoms with van der Waals surface area (Å²) in [7, 11) is 0. The van der Waals surface area contributed by atoms with E-state index in [-0.39, 0.29) is 18.1 Å². The van der Waals surface area contributed by atoms with E-state index in [1.165, 1.54) is 0 Å². The van der Waals surface area contributed by atoms with Crippen LogP contribution >= 0.6 is 0 Å². The van der Waals surface area contributed by atoms with Crippen molar-refractivity contribution in [3.8, 4) is 5.75 Å². The molecule has 3 aromatic rings. The average Bonchev–Trinajstić information content (AvgIpc) is 2.57. The van der Waals surface area contributed by atoms with Crippen LogP contribution in [0.2, 0.25) is 0 Å². The molecule has 2 N–H and O–H groups in total. The molecule has 1 amide bonds. The molecule has 0 aliphatic rings. The Balaban J connectivity index is 1.74. The van der Waals surface area contributed by atoms with Crippen LogP contribution in [-0.2, 0) is 4.79 Å². The van der Waals surface area contributed by atoms with Crippen LogP contribution in [0.5, 0.6) is 5.75 Å². The Bertz CT molecular complexity index is 960. The number of aryl methyl sites for hydroxylation is 2. The lowest BCUT2D eigenvalue weighted by Crippen LogP contribution is -2.21. The maximum Gasteiger partial charge on any atom is 0.262 e. The fraction of sp³-hybridized carbons (Fsp3) is 0.158. The zero-order valence-corrected chi connectivity index (χ0v) is 13.6. The average molecular weight is 322 g/mol. The number of hydrogen-bond acceptors (Lipinski definition) is 3. The number of fused-ring (bicyclic) bond motifs is 1. The van der Waals surface area contributed by atoms with Gasteiger partial charge in [-0.05, 0) is 49.2 Å². The molecule has 122 valence electrons. The third kappa shape index (κ3) is 3.30. The Morgan fingerprint density at radius 3 is 2.79 bits per heavy atom. The molecule has 0 unspecified atom stereocenters. The van der Waals surface area contributed by atoms with Gasteiger partial charge in [-0.15, -0.1) is 0 Å². The van der Waals surface area contributed by atoms with Crippen molar-refractivity contribution in [1.82, 2.24) is 4.98 Å². The molecule has 0 aliphatic heterocycles. The van der Waals surface area contributed by atoms with E-state index in [1.807, 2.05) is 32.0 Å². The zero-order chi connectivity index (χ0) is 17.1. The highest BCUT2D eigenvalue weighted by molar-refractivity contribution is 5.93. The molecule has 1 heterocycles. The molecule has 0 bridgehead atoms. The zero-order valence-electron chi connectivity index (χ0n) is 13.6. The van der Waals surface area contributed by atoms with E-state index in [0.717, 1.165) is 16.8 Å². The van der Waals surface area contributed by atoms with Crippen molar-refractivity contribution in [2.75, 3.05) is 11.9 Å². The number of rotatable bonds is 4. The van der Waals surface area contributed by atoms with E-state index >= 15 is 0 Å². The lowest BCUT2D eigenvalue weighted by atomic mass is 10.1. The molecule has 0 radical (unpaired) electrons. The summed E-state index contributed by atoms with van der Waals surface area (Å²) in [5.41, 5.74) is 2.66. The first-order valence-corrected chi connectivity index (χ1v) is 7.65. The standard InChI is InChI=1S/C19H18N2O3/c1-12-6-7-13(2)16(10-12)21-18(22)11-24-17-5-3-4-15-14(17)8-9-20-19(15)23/h3-10H,11H2,1-2H3,(H,20,23)(H,21,22). The number of ether oxygens (including phenoxy) is 1. The van der Waals surface area contributed by atoms with Crippen LogP contribution in [-0.4, -0.2) is 17.5 Å². The van der Waals surface area contributed by atoms with E-state index in [1.54, 1.807) is 30.5 Å². The van der Waals surface area contributed by atoms with Gasteiger partial charge in [-0.3, -0.25) is 9.59 Å². The molecule has 0 spiro atoms. The van der Waals surface area contributed by atoms with Gasteiger partial charge in [0.1, 0.15) is 5.75 Å². The number of benzene rings is 2. The first-order valence-electron chi connectivity index (χ1n) is 7.65. The highest BCUT2D eigenvalue weighted by Crippen LogP contribution is 2.22. The number of anilines is 1. The van der Waals surface area contributed by atoms with Gasteiger partial charge in [-0.1, -0.05) is 18.2 Å². The number of aromatic nitrogens is 1. The van der Waals surface area contributed by atoms with E-state index in [9.17, 15) is 9.59 Å². The molecule has 0 saturated carbocycles. The summed E-state index contributed by atoms with van der Waals surface area (Å²) in [6, 6.07) is 12.8. The van der Waals surface area contributed by atoms with Crippen molar-refractivity contribution in [2.24, 2.45) is 0 Å². The number of carbonyl (C=O) groups is 1. The Morgan fingerprint density at radius 2 is 1.96 bits per heavy atom. The summed E-state index contributed by atoms with van der Waals surface area (Å²) >= 11 is 0. The summed E-state index contributed by atoms with van der Waals surface area (Å²) in [5, 5.41) is 4.06. The second-order valence-electron chi connectivity index (χ2n) is 5.68. The van der Waals surface area contributed by atoms with Gasteiger partial charge in [0, 0.05) is 17.3 Å². The number of H-pyrrole nitrogens is 1. The lowest BCUT2D eigenvalue weighted by Gasteiger charge is -2.11. The van der Waals surface area contributed by atoms with E-state index in [4.69, 9.17) is 4.74 Å². The normalized spacial score (nSPS) is 10.6.